The van der Waals surface area contributed by atoms with Gasteiger partial charge >= 0.3 is 0 Å². The van der Waals surface area contributed by atoms with E-state index in [1.165, 1.54) is 11.8 Å². The topological polar surface area (TPSA) is 49.4 Å². The molecular formula is C19H21ClN2O2S. The first-order valence-corrected chi connectivity index (χ1v) is 9.31. The standard InChI is InChI=1S/C19H21ClN2O2S/c1-14(19(24)21-2)22(12-15-8-10-16(20)11-9-15)18(23)13-25-17-6-4-3-5-7-17/h3-11,14H,12-13H2,1-2H3,(H,21,24). The summed E-state index contributed by atoms with van der Waals surface area (Å²) in [6, 6.07) is 16.5. The number of nitrogens with one attached hydrogen (secondary N) is 1. The SMILES string of the molecule is CNC(=O)C(C)N(Cc1ccc(Cl)cc1)C(=O)CSc1ccccc1. The highest BCUT2D eigenvalue weighted by atomic mass is 35.5. The van der Waals surface area contributed by atoms with Gasteiger partial charge in [0, 0.05) is 23.5 Å². The summed E-state index contributed by atoms with van der Waals surface area (Å²) < 4.78 is 0. The quantitative estimate of drug-likeness (QED) is 0.751. The number of nitrogens with zero attached hydrogens (tertiary/aromatic N) is 1. The van der Waals surface area contributed by atoms with E-state index in [0.29, 0.717) is 11.6 Å². The number of hydrogen-bond donors (Lipinski definition) is 1. The maximum Gasteiger partial charge on any atom is 0.242 e. The number of halogens is 1. The molecule has 2 aromatic carbocycles. The zero-order valence-electron chi connectivity index (χ0n) is 14.2. The summed E-state index contributed by atoms with van der Waals surface area (Å²) in [5, 5.41) is 3.25. The highest BCUT2D eigenvalue weighted by Gasteiger charge is 2.25. The molecule has 1 unspecified atom stereocenters. The molecule has 0 aliphatic heterocycles. The fourth-order valence-corrected chi connectivity index (χ4v) is 3.25. The summed E-state index contributed by atoms with van der Waals surface area (Å²) >= 11 is 7.38. The molecule has 0 fully saturated rings. The Morgan fingerprint density at radius 1 is 1.12 bits per heavy atom. The van der Waals surface area contributed by atoms with Gasteiger partial charge in [-0.15, -0.1) is 11.8 Å². The Balaban J connectivity index is 2.10. The molecule has 0 radical (unpaired) electrons. The highest BCUT2D eigenvalue weighted by molar-refractivity contribution is 8.00. The predicted molar refractivity (Wildman–Crippen MR) is 103 cm³/mol. The van der Waals surface area contributed by atoms with Gasteiger partial charge < -0.3 is 10.2 Å². The van der Waals surface area contributed by atoms with Crippen molar-refractivity contribution in [3.05, 3.63) is 65.2 Å². The summed E-state index contributed by atoms with van der Waals surface area (Å²) in [6.45, 7) is 2.10. The number of carbonyl (C=O) groups excluding carboxylic acids is 2. The van der Waals surface area contributed by atoms with Crippen molar-refractivity contribution in [3.8, 4) is 0 Å². The first-order chi connectivity index (χ1) is 12.0. The van der Waals surface area contributed by atoms with Crippen molar-refractivity contribution in [2.75, 3.05) is 12.8 Å². The summed E-state index contributed by atoms with van der Waals surface area (Å²) in [5.41, 5.74) is 0.929. The van der Waals surface area contributed by atoms with Crippen molar-refractivity contribution in [1.82, 2.24) is 10.2 Å². The van der Waals surface area contributed by atoms with Crippen LogP contribution in [0.1, 0.15) is 12.5 Å². The van der Waals surface area contributed by atoms with Gasteiger partial charge in [0.2, 0.25) is 11.8 Å². The summed E-state index contributed by atoms with van der Waals surface area (Å²) in [6.07, 6.45) is 0. The van der Waals surface area contributed by atoms with Crippen LogP contribution in [0.5, 0.6) is 0 Å². The van der Waals surface area contributed by atoms with Gasteiger partial charge in [0.05, 0.1) is 5.75 Å². The maximum absolute atomic E-state index is 12.7. The monoisotopic (exact) mass is 376 g/mol. The van der Waals surface area contributed by atoms with E-state index in [4.69, 9.17) is 11.6 Å². The van der Waals surface area contributed by atoms with E-state index in [2.05, 4.69) is 5.32 Å². The Morgan fingerprint density at radius 3 is 2.36 bits per heavy atom. The van der Waals surface area contributed by atoms with Crippen LogP contribution in [-0.4, -0.2) is 35.6 Å². The summed E-state index contributed by atoms with van der Waals surface area (Å²) in [4.78, 5) is 27.4. The Labute approximate surface area is 157 Å². The van der Waals surface area contributed by atoms with Crippen LogP contribution in [-0.2, 0) is 16.1 Å². The van der Waals surface area contributed by atoms with Crippen LogP contribution in [0.2, 0.25) is 5.02 Å². The van der Waals surface area contributed by atoms with Crippen LogP contribution in [0.25, 0.3) is 0 Å². The molecular weight excluding hydrogens is 356 g/mol. The fourth-order valence-electron chi connectivity index (χ4n) is 2.32. The molecule has 0 aliphatic rings. The number of rotatable bonds is 7. The van der Waals surface area contributed by atoms with Gasteiger partial charge in [-0.2, -0.15) is 0 Å². The van der Waals surface area contributed by atoms with Gasteiger partial charge in [0.25, 0.3) is 0 Å². The predicted octanol–water partition coefficient (Wildman–Crippen LogP) is 3.60. The van der Waals surface area contributed by atoms with E-state index in [0.717, 1.165) is 10.5 Å². The number of hydrogen-bond acceptors (Lipinski definition) is 3. The first kappa shape index (κ1) is 19.3. The molecule has 0 aliphatic carbocycles. The zero-order chi connectivity index (χ0) is 18.2. The minimum absolute atomic E-state index is 0.0834. The fraction of sp³-hybridized carbons (Fsp3) is 0.263. The molecule has 0 bridgehead atoms. The molecule has 0 heterocycles. The lowest BCUT2D eigenvalue weighted by atomic mass is 10.1. The van der Waals surface area contributed by atoms with E-state index in [-0.39, 0.29) is 17.6 Å². The van der Waals surface area contributed by atoms with E-state index in [1.54, 1.807) is 31.0 Å². The second-order valence-electron chi connectivity index (χ2n) is 5.54. The summed E-state index contributed by atoms with van der Waals surface area (Å²) in [5.74, 6) is 0.00536. The minimum atomic E-state index is -0.551. The molecule has 2 rings (SSSR count). The van der Waals surface area contributed by atoms with Gasteiger partial charge in [-0.3, -0.25) is 9.59 Å². The molecule has 2 amide bonds. The molecule has 0 saturated heterocycles. The van der Waals surface area contributed by atoms with E-state index in [9.17, 15) is 9.59 Å². The average molecular weight is 377 g/mol. The van der Waals surface area contributed by atoms with Crippen molar-refractivity contribution in [2.24, 2.45) is 0 Å². The smallest absolute Gasteiger partial charge is 0.242 e. The second-order valence-corrected chi connectivity index (χ2v) is 7.03. The third-order valence-electron chi connectivity index (χ3n) is 3.79. The molecule has 25 heavy (non-hydrogen) atoms. The van der Waals surface area contributed by atoms with E-state index in [1.807, 2.05) is 42.5 Å². The summed E-state index contributed by atoms with van der Waals surface area (Å²) in [7, 11) is 1.57. The van der Waals surface area contributed by atoms with E-state index < -0.39 is 6.04 Å². The van der Waals surface area contributed by atoms with Crippen LogP contribution in [0.3, 0.4) is 0 Å². The molecule has 2 aromatic rings. The molecule has 4 nitrogen and oxygen atoms in total. The van der Waals surface area contributed by atoms with Gasteiger partial charge in [-0.05, 0) is 36.8 Å². The largest absolute Gasteiger partial charge is 0.357 e. The number of likely N-dealkylation sites (N-methyl/N-ethyl adjacent to an activating group) is 1. The number of benzene rings is 2. The number of thioether (sulfide) groups is 1. The molecule has 0 aromatic heterocycles. The molecule has 132 valence electrons. The lowest BCUT2D eigenvalue weighted by Gasteiger charge is -2.28. The van der Waals surface area contributed by atoms with Crippen LogP contribution in [0, 0.1) is 0 Å². The third kappa shape index (κ3) is 5.80. The van der Waals surface area contributed by atoms with Gasteiger partial charge in [-0.25, -0.2) is 0 Å². The van der Waals surface area contributed by atoms with Crippen molar-refractivity contribution in [2.45, 2.75) is 24.4 Å². The van der Waals surface area contributed by atoms with Gasteiger partial charge in [-0.1, -0.05) is 41.9 Å². The molecule has 0 spiro atoms. The minimum Gasteiger partial charge on any atom is -0.357 e. The zero-order valence-corrected chi connectivity index (χ0v) is 15.8. The molecule has 0 saturated carbocycles. The van der Waals surface area contributed by atoms with Gasteiger partial charge in [0.1, 0.15) is 6.04 Å². The van der Waals surface area contributed by atoms with Crippen LogP contribution in [0.15, 0.2) is 59.5 Å². The van der Waals surface area contributed by atoms with Crippen molar-refractivity contribution < 1.29 is 9.59 Å². The Kier molecular flexibility index (Phi) is 7.34. The van der Waals surface area contributed by atoms with E-state index >= 15 is 0 Å². The Hall–Kier alpha value is -1.98. The Bertz CT molecular complexity index is 707. The lowest BCUT2D eigenvalue weighted by molar-refractivity contribution is -0.138. The van der Waals surface area contributed by atoms with Crippen molar-refractivity contribution >= 4 is 35.2 Å². The second kappa shape index (κ2) is 9.49. The lowest BCUT2D eigenvalue weighted by Crippen LogP contribution is -2.47. The van der Waals surface area contributed by atoms with Crippen molar-refractivity contribution in [3.63, 3.8) is 0 Å². The first-order valence-electron chi connectivity index (χ1n) is 7.94. The normalized spacial score (nSPS) is 11.6. The number of amides is 2. The molecule has 6 heteroatoms. The molecule has 1 N–H and O–H groups in total. The number of carbonyl (C=O) groups is 2. The van der Waals surface area contributed by atoms with Crippen LogP contribution >= 0.6 is 23.4 Å². The third-order valence-corrected chi connectivity index (χ3v) is 5.03. The Morgan fingerprint density at radius 2 is 1.76 bits per heavy atom. The molecule has 1 atom stereocenters. The average Bonchev–Trinajstić information content (AvgIpc) is 2.65. The van der Waals surface area contributed by atoms with Gasteiger partial charge in [0.15, 0.2) is 0 Å². The highest BCUT2D eigenvalue weighted by Crippen LogP contribution is 2.19. The van der Waals surface area contributed by atoms with Crippen LogP contribution < -0.4 is 5.32 Å². The maximum atomic E-state index is 12.7. The van der Waals surface area contributed by atoms with Crippen molar-refractivity contribution in [1.29, 1.82) is 0 Å². The van der Waals surface area contributed by atoms with Crippen LogP contribution in [0.4, 0.5) is 0 Å².